The number of halogens is 2. The number of nitro benzene ring substituents is 1. The van der Waals surface area contributed by atoms with Gasteiger partial charge in [-0.25, -0.2) is 4.39 Å². The summed E-state index contributed by atoms with van der Waals surface area (Å²) in [5.41, 5.74) is 0.164. The Bertz CT molecular complexity index is 478. The second kappa shape index (κ2) is 6.47. The van der Waals surface area contributed by atoms with Crippen LogP contribution in [0.5, 0.6) is 0 Å². The molecule has 0 spiro atoms. The van der Waals surface area contributed by atoms with Crippen molar-refractivity contribution in [2.24, 2.45) is 0 Å². The van der Waals surface area contributed by atoms with Crippen LogP contribution in [-0.2, 0) is 0 Å². The minimum absolute atomic E-state index is 0.0818. The highest BCUT2D eigenvalue weighted by molar-refractivity contribution is 14.1. The number of nitro groups is 1. The van der Waals surface area contributed by atoms with Gasteiger partial charge in [-0.05, 0) is 42.0 Å². The molecule has 1 aromatic rings. The third-order valence-corrected chi connectivity index (χ3v) is 4.01. The van der Waals surface area contributed by atoms with Gasteiger partial charge >= 0.3 is 0 Å². The van der Waals surface area contributed by atoms with Gasteiger partial charge < -0.3 is 10.6 Å². The highest BCUT2D eigenvalue weighted by Gasteiger charge is 2.19. The van der Waals surface area contributed by atoms with Crippen LogP contribution in [0.2, 0.25) is 0 Å². The number of hydrogen-bond donors (Lipinski definition) is 2. The maximum Gasteiger partial charge on any atom is 0.293 e. The second-order valence-electron chi connectivity index (χ2n) is 4.57. The van der Waals surface area contributed by atoms with Crippen molar-refractivity contribution in [2.75, 3.05) is 18.4 Å². The van der Waals surface area contributed by atoms with Crippen molar-refractivity contribution in [3.05, 3.63) is 31.6 Å². The lowest BCUT2D eigenvalue weighted by molar-refractivity contribution is -0.384. The predicted molar refractivity (Wildman–Crippen MR) is 79.9 cm³/mol. The van der Waals surface area contributed by atoms with E-state index < -0.39 is 10.7 Å². The van der Waals surface area contributed by atoms with Crippen LogP contribution in [0.1, 0.15) is 19.3 Å². The highest BCUT2D eigenvalue weighted by atomic mass is 127. The summed E-state index contributed by atoms with van der Waals surface area (Å²) in [6.07, 6.45) is 3.35. The summed E-state index contributed by atoms with van der Waals surface area (Å²) in [5, 5.41) is 17.3. The average Bonchev–Trinajstić information content (AvgIpc) is 2.40. The third kappa shape index (κ3) is 3.75. The highest BCUT2D eigenvalue weighted by Crippen LogP contribution is 2.28. The minimum atomic E-state index is -0.488. The van der Waals surface area contributed by atoms with Crippen LogP contribution in [0.15, 0.2) is 12.1 Å². The molecule has 0 aromatic heterocycles. The van der Waals surface area contributed by atoms with Crippen molar-refractivity contribution in [1.29, 1.82) is 0 Å². The molecule has 0 radical (unpaired) electrons. The van der Waals surface area contributed by atoms with Crippen molar-refractivity contribution in [3.8, 4) is 0 Å². The van der Waals surface area contributed by atoms with Crippen molar-refractivity contribution in [1.82, 2.24) is 5.32 Å². The fraction of sp³-hybridized carbons (Fsp3) is 0.500. The van der Waals surface area contributed by atoms with Crippen LogP contribution in [0.3, 0.4) is 0 Å². The molecule has 2 N–H and O–H groups in total. The van der Waals surface area contributed by atoms with Crippen LogP contribution in [-0.4, -0.2) is 24.1 Å². The van der Waals surface area contributed by atoms with E-state index in [9.17, 15) is 14.5 Å². The molecule has 1 heterocycles. The zero-order chi connectivity index (χ0) is 13.8. The smallest absolute Gasteiger partial charge is 0.293 e. The summed E-state index contributed by atoms with van der Waals surface area (Å²) >= 11 is 1.75. The largest absolute Gasteiger partial charge is 0.378 e. The van der Waals surface area contributed by atoms with Crippen molar-refractivity contribution in [2.45, 2.75) is 25.3 Å². The van der Waals surface area contributed by atoms with Crippen molar-refractivity contribution >= 4 is 34.0 Å². The number of benzene rings is 1. The predicted octanol–water partition coefficient (Wildman–Crippen LogP) is 2.89. The Hall–Kier alpha value is -0.960. The zero-order valence-corrected chi connectivity index (χ0v) is 12.4. The molecular formula is C12H15FIN3O2. The van der Waals surface area contributed by atoms with Gasteiger partial charge in [0, 0.05) is 24.7 Å². The summed E-state index contributed by atoms with van der Waals surface area (Å²) in [7, 11) is 0. The van der Waals surface area contributed by atoms with E-state index >= 15 is 0 Å². The number of rotatable bonds is 4. The molecule has 1 aliphatic rings. The monoisotopic (exact) mass is 379 g/mol. The Morgan fingerprint density at radius 2 is 2.32 bits per heavy atom. The maximum absolute atomic E-state index is 13.5. The normalized spacial score (nSPS) is 19.2. The Morgan fingerprint density at radius 1 is 1.53 bits per heavy atom. The molecule has 1 saturated heterocycles. The molecule has 0 aliphatic carbocycles. The van der Waals surface area contributed by atoms with Gasteiger partial charge in [0.15, 0.2) is 0 Å². The summed E-state index contributed by atoms with van der Waals surface area (Å²) in [6.45, 7) is 1.54. The SMILES string of the molecule is O=[N+]([O-])c1cc(I)c(F)cc1NCC1CCCCN1. The number of anilines is 1. The molecular weight excluding hydrogens is 364 g/mol. The number of nitrogens with zero attached hydrogens (tertiary/aromatic N) is 1. The van der Waals surface area contributed by atoms with Gasteiger partial charge in [-0.1, -0.05) is 6.42 Å². The van der Waals surface area contributed by atoms with Gasteiger partial charge in [0.25, 0.3) is 5.69 Å². The molecule has 19 heavy (non-hydrogen) atoms. The number of hydrogen-bond acceptors (Lipinski definition) is 4. The van der Waals surface area contributed by atoms with Gasteiger partial charge in [-0.3, -0.25) is 10.1 Å². The summed E-state index contributed by atoms with van der Waals surface area (Å²) in [5.74, 6) is -0.440. The first-order valence-electron chi connectivity index (χ1n) is 6.18. The van der Waals surface area contributed by atoms with Gasteiger partial charge in [0.1, 0.15) is 11.5 Å². The number of nitrogens with one attached hydrogen (secondary N) is 2. The standard InChI is InChI=1S/C12H15FIN3O2/c13-9-5-11(12(17(18)19)6-10(9)14)16-7-8-3-1-2-4-15-8/h5-6,8,15-16H,1-4,7H2. The molecule has 1 atom stereocenters. The van der Waals surface area contributed by atoms with E-state index in [1.54, 1.807) is 22.6 Å². The first-order chi connectivity index (χ1) is 9.08. The summed E-state index contributed by atoms with van der Waals surface area (Å²) in [6, 6.07) is 2.74. The Labute approximate surface area is 124 Å². The first-order valence-corrected chi connectivity index (χ1v) is 7.26. The van der Waals surface area contributed by atoms with E-state index in [-0.39, 0.29) is 21.0 Å². The maximum atomic E-state index is 13.5. The third-order valence-electron chi connectivity index (χ3n) is 3.19. The molecule has 104 valence electrons. The summed E-state index contributed by atoms with van der Waals surface area (Å²) < 4.78 is 13.8. The molecule has 0 bridgehead atoms. The van der Waals surface area contributed by atoms with Crippen LogP contribution in [0.4, 0.5) is 15.8 Å². The molecule has 1 aliphatic heterocycles. The van der Waals surface area contributed by atoms with Gasteiger partial charge in [0.05, 0.1) is 8.49 Å². The Balaban J connectivity index is 2.09. The fourth-order valence-electron chi connectivity index (χ4n) is 2.16. The van der Waals surface area contributed by atoms with E-state index in [4.69, 9.17) is 0 Å². The fourth-order valence-corrected chi connectivity index (χ4v) is 2.61. The van der Waals surface area contributed by atoms with E-state index in [1.807, 2.05) is 0 Å². The van der Waals surface area contributed by atoms with Gasteiger partial charge in [-0.15, -0.1) is 0 Å². The molecule has 1 fully saturated rings. The Morgan fingerprint density at radius 3 is 2.95 bits per heavy atom. The Kier molecular flexibility index (Phi) is 4.92. The molecule has 7 heteroatoms. The molecule has 2 rings (SSSR count). The van der Waals surface area contributed by atoms with Crippen LogP contribution in [0.25, 0.3) is 0 Å². The molecule has 5 nitrogen and oxygen atoms in total. The lowest BCUT2D eigenvalue weighted by Gasteiger charge is -2.24. The van der Waals surface area contributed by atoms with Crippen LogP contribution in [0, 0.1) is 19.5 Å². The van der Waals surface area contributed by atoms with E-state index in [2.05, 4.69) is 10.6 Å². The van der Waals surface area contributed by atoms with Crippen molar-refractivity contribution in [3.63, 3.8) is 0 Å². The quantitative estimate of drug-likeness (QED) is 0.480. The lowest BCUT2D eigenvalue weighted by Crippen LogP contribution is -2.39. The van der Waals surface area contributed by atoms with Gasteiger partial charge in [-0.2, -0.15) is 0 Å². The van der Waals surface area contributed by atoms with E-state index in [0.29, 0.717) is 6.54 Å². The first kappa shape index (κ1) is 14.4. The van der Waals surface area contributed by atoms with E-state index in [1.165, 1.54) is 12.1 Å². The second-order valence-corrected chi connectivity index (χ2v) is 5.73. The lowest BCUT2D eigenvalue weighted by atomic mass is 10.1. The van der Waals surface area contributed by atoms with Crippen LogP contribution < -0.4 is 10.6 Å². The topological polar surface area (TPSA) is 67.2 Å². The minimum Gasteiger partial charge on any atom is -0.378 e. The van der Waals surface area contributed by atoms with Crippen LogP contribution >= 0.6 is 22.6 Å². The molecule has 1 unspecified atom stereocenters. The van der Waals surface area contributed by atoms with Gasteiger partial charge in [0.2, 0.25) is 0 Å². The molecule has 1 aromatic carbocycles. The average molecular weight is 379 g/mol. The molecule has 0 amide bonds. The molecule has 0 saturated carbocycles. The zero-order valence-electron chi connectivity index (χ0n) is 10.3. The number of piperidine rings is 1. The summed E-state index contributed by atoms with van der Waals surface area (Å²) in [4.78, 5) is 10.5. The van der Waals surface area contributed by atoms with E-state index in [0.717, 1.165) is 25.8 Å². The van der Waals surface area contributed by atoms with Crippen molar-refractivity contribution < 1.29 is 9.31 Å².